The van der Waals surface area contributed by atoms with Gasteiger partial charge in [-0.25, -0.2) is 0 Å². The van der Waals surface area contributed by atoms with Crippen molar-refractivity contribution in [1.29, 1.82) is 0 Å². The standard InChI is InChI=1S/C14H23NO2S/c1-4-5-12(10(2)3)14(17)15-13(8-16)11-6-7-18-9-11/h6-7,9-10,12-13,16H,4-5,8H2,1-3H3,(H,15,17)/t12-,13-/m1/s1. The molecular weight excluding hydrogens is 246 g/mol. The van der Waals surface area contributed by atoms with Crippen LogP contribution < -0.4 is 5.32 Å². The van der Waals surface area contributed by atoms with Gasteiger partial charge in [-0.1, -0.05) is 27.2 Å². The molecule has 0 bridgehead atoms. The quantitative estimate of drug-likeness (QED) is 0.799. The minimum Gasteiger partial charge on any atom is -0.394 e. The average molecular weight is 269 g/mol. The van der Waals surface area contributed by atoms with Gasteiger partial charge in [-0.05, 0) is 34.7 Å². The highest BCUT2D eigenvalue weighted by atomic mass is 32.1. The molecule has 1 aromatic rings. The first-order valence-corrected chi connectivity index (χ1v) is 7.47. The molecule has 18 heavy (non-hydrogen) atoms. The zero-order chi connectivity index (χ0) is 13.5. The maximum absolute atomic E-state index is 12.2. The van der Waals surface area contributed by atoms with Crippen molar-refractivity contribution in [3.8, 4) is 0 Å². The summed E-state index contributed by atoms with van der Waals surface area (Å²) in [4.78, 5) is 12.2. The van der Waals surface area contributed by atoms with Gasteiger partial charge in [0, 0.05) is 5.92 Å². The molecule has 0 aliphatic carbocycles. The van der Waals surface area contributed by atoms with Crippen LogP contribution in [0.25, 0.3) is 0 Å². The Balaban J connectivity index is 2.66. The second-order valence-electron chi connectivity index (χ2n) is 4.94. The second-order valence-corrected chi connectivity index (χ2v) is 5.72. The smallest absolute Gasteiger partial charge is 0.223 e. The van der Waals surface area contributed by atoms with E-state index in [0.29, 0.717) is 5.92 Å². The van der Waals surface area contributed by atoms with Gasteiger partial charge in [-0.2, -0.15) is 11.3 Å². The Kier molecular flexibility index (Phi) is 6.36. The molecule has 1 aromatic heterocycles. The van der Waals surface area contributed by atoms with Crippen LogP contribution in [0.3, 0.4) is 0 Å². The zero-order valence-corrected chi connectivity index (χ0v) is 12.2. The van der Waals surface area contributed by atoms with Crippen molar-refractivity contribution in [3.05, 3.63) is 22.4 Å². The molecule has 0 unspecified atom stereocenters. The number of hydrogen-bond donors (Lipinski definition) is 2. The fourth-order valence-corrected chi connectivity index (χ4v) is 2.78. The van der Waals surface area contributed by atoms with E-state index in [0.717, 1.165) is 18.4 Å². The summed E-state index contributed by atoms with van der Waals surface area (Å²) in [6.45, 7) is 6.17. The van der Waals surface area contributed by atoms with Crippen molar-refractivity contribution >= 4 is 17.2 Å². The molecule has 3 nitrogen and oxygen atoms in total. The van der Waals surface area contributed by atoms with Gasteiger partial charge >= 0.3 is 0 Å². The molecule has 102 valence electrons. The van der Waals surface area contributed by atoms with E-state index in [1.165, 1.54) is 0 Å². The van der Waals surface area contributed by atoms with E-state index in [9.17, 15) is 9.90 Å². The number of thiophene rings is 1. The van der Waals surface area contributed by atoms with Crippen molar-refractivity contribution in [2.75, 3.05) is 6.61 Å². The molecule has 0 fully saturated rings. The zero-order valence-electron chi connectivity index (χ0n) is 11.3. The molecule has 0 aliphatic rings. The molecule has 0 saturated carbocycles. The highest BCUT2D eigenvalue weighted by Crippen LogP contribution is 2.21. The molecule has 1 rings (SSSR count). The Morgan fingerprint density at radius 1 is 1.50 bits per heavy atom. The van der Waals surface area contributed by atoms with Crippen LogP contribution >= 0.6 is 11.3 Å². The lowest BCUT2D eigenvalue weighted by Gasteiger charge is -2.23. The number of carbonyl (C=O) groups is 1. The molecule has 4 heteroatoms. The van der Waals surface area contributed by atoms with Crippen molar-refractivity contribution in [3.63, 3.8) is 0 Å². The molecule has 0 radical (unpaired) electrons. The van der Waals surface area contributed by atoms with E-state index in [1.54, 1.807) is 11.3 Å². The molecule has 2 N–H and O–H groups in total. The number of nitrogens with one attached hydrogen (secondary N) is 1. The van der Waals surface area contributed by atoms with Crippen LogP contribution in [0.15, 0.2) is 16.8 Å². The summed E-state index contributed by atoms with van der Waals surface area (Å²) in [7, 11) is 0. The van der Waals surface area contributed by atoms with Crippen LogP contribution in [0.1, 0.15) is 45.2 Å². The lowest BCUT2D eigenvalue weighted by atomic mass is 9.90. The summed E-state index contributed by atoms with van der Waals surface area (Å²) in [5.41, 5.74) is 0.981. The van der Waals surface area contributed by atoms with E-state index in [-0.39, 0.29) is 24.5 Å². The third kappa shape index (κ3) is 4.10. The van der Waals surface area contributed by atoms with Gasteiger partial charge < -0.3 is 10.4 Å². The number of hydrogen-bond acceptors (Lipinski definition) is 3. The fourth-order valence-electron chi connectivity index (χ4n) is 2.06. The van der Waals surface area contributed by atoms with E-state index >= 15 is 0 Å². The first kappa shape index (κ1) is 15.2. The van der Waals surface area contributed by atoms with Crippen LogP contribution in [0.4, 0.5) is 0 Å². The number of aliphatic hydroxyl groups excluding tert-OH is 1. The lowest BCUT2D eigenvalue weighted by molar-refractivity contribution is -0.127. The summed E-state index contributed by atoms with van der Waals surface area (Å²) in [5.74, 6) is 0.409. The Labute approximate surface area is 113 Å². The van der Waals surface area contributed by atoms with Gasteiger partial charge in [0.1, 0.15) is 0 Å². The highest BCUT2D eigenvalue weighted by Gasteiger charge is 2.24. The number of carbonyl (C=O) groups excluding carboxylic acids is 1. The van der Waals surface area contributed by atoms with Crippen molar-refractivity contribution in [2.45, 2.75) is 39.7 Å². The van der Waals surface area contributed by atoms with Crippen LogP contribution in [-0.2, 0) is 4.79 Å². The second kappa shape index (κ2) is 7.54. The van der Waals surface area contributed by atoms with E-state index in [4.69, 9.17) is 0 Å². The minimum absolute atomic E-state index is 0.0303. The summed E-state index contributed by atoms with van der Waals surface area (Å²) in [6, 6.07) is 1.66. The van der Waals surface area contributed by atoms with Gasteiger partial charge in [-0.3, -0.25) is 4.79 Å². The SMILES string of the molecule is CCC[C@@H](C(=O)N[C@H](CO)c1ccsc1)C(C)C. The molecular formula is C14H23NO2S. The van der Waals surface area contributed by atoms with Gasteiger partial charge in [-0.15, -0.1) is 0 Å². The number of amides is 1. The topological polar surface area (TPSA) is 49.3 Å². The van der Waals surface area contributed by atoms with E-state index in [1.807, 2.05) is 16.8 Å². The molecule has 1 heterocycles. The Morgan fingerprint density at radius 2 is 2.22 bits per heavy atom. The Hall–Kier alpha value is -0.870. The predicted molar refractivity (Wildman–Crippen MR) is 75.5 cm³/mol. The third-order valence-electron chi connectivity index (χ3n) is 3.19. The molecule has 1 amide bonds. The van der Waals surface area contributed by atoms with E-state index < -0.39 is 0 Å². The number of rotatable bonds is 7. The third-order valence-corrected chi connectivity index (χ3v) is 3.89. The Bertz CT molecular complexity index is 349. The molecule has 2 atom stereocenters. The lowest BCUT2D eigenvalue weighted by Crippen LogP contribution is -2.37. The molecule has 0 spiro atoms. The monoisotopic (exact) mass is 269 g/mol. The van der Waals surface area contributed by atoms with Crippen molar-refractivity contribution in [1.82, 2.24) is 5.32 Å². The van der Waals surface area contributed by atoms with Gasteiger partial charge in [0.05, 0.1) is 12.6 Å². The van der Waals surface area contributed by atoms with Crippen LogP contribution in [0.5, 0.6) is 0 Å². The van der Waals surface area contributed by atoms with Gasteiger partial charge in [0.25, 0.3) is 0 Å². The van der Waals surface area contributed by atoms with E-state index in [2.05, 4.69) is 26.1 Å². The van der Waals surface area contributed by atoms with Crippen molar-refractivity contribution in [2.24, 2.45) is 11.8 Å². The van der Waals surface area contributed by atoms with Crippen LogP contribution in [-0.4, -0.2) is 17.6 Å². The predicted octanol–water partition coefficient (Wildman–Crippen LogP) is 2.97. The highest BCUT2D eigenvalue weighted by molar-refractivity contribution is 7.07. The molecule has 0 aliphatic heterocycles. The largest absolute Gasteiger partial charge is 0.394 e. The summed E-state index contributed by atoms with van der Waals surface area (Å²) >= 11 is 1.57. The maximum Gasteiger partial charge on any atom is 0.223 e. The summed E-state index contributed by atoms with van der Waals surface area (Å²) < 4.78 is 0. The Morgan fingerprint density at radius 3 is 2.67 bits per heavy atom. The van der Waals surface area contributed by atoms with Gasteiger partial charge in [0.2, 0.25) is 5.91 Å². The molecule has 0 saturated heterocycles. The summed E-state index contributed by atoms with van der Waals surface area (Å²) in [5, 5.41) is 16.3. The fraction of sp³-hybridized carbons (Fsp3) is 0.643. The van der Waals surface area contributed by atoms with Gasteiger partial charge in [0.15, 0.2) is 0 Å². The normalized spacial score (nSPS) is 14.5. The minimum atomic E-state index is -0.276. The molecule has 0 aromatic carbocycles. The first-order chi connectivity index (χ1) is 8.60. The van der Waals surface area contributed by atoms with Crippen LogP contribution in [0.2, 0.25) is 0 Å². The number of aliphatic hydroxyl groups is 1. The first-order valence-electron chi connectivity index (χ1n) is 6.53. The summed E-state index contributed by atoms with van der Waals surface area (Å²) in [6.07, 6.45) is 1.89. The van der Waals surface area contributed by atoms with Crippen LogP contribution in [0, 0.1) is 11.8 Å². The van der Waals surface area contributed by atoms with Crippen molar-refractivity contribution < 1.29 is 9.90 Å². The average Bonchev–Trinajstić information content (AvgIpc) is 2.85. The maximum atomic E-state index is 12.2.